The van der Waals surface area contributed by atoms with Crippen LogP contribution in [0.2, 0.25) is 5.02 Å². The maximum atomic E-state index is 12.8. The molecule has 0 spiro atoms. The molecule has 0 fully saturated rings. The van der Waals surface area contributed by atoms with E-state index in [4.69, 9.17) is 34.3 Å². The number of halogens is 2. The summed E-state index contributed by atoms with van der Waals surface area (Å²) < 4.78 is 18.3. The van der Waals surface area contributed by atoms with Crippen LogP contribution >= 0.6 is 23.8 Å². The van der Waals surface area contributed by atoms with E-state index in [-0.39, 0.29) is 16.3 Å². The Balaban J connectivity index is 2.41. The SMILES string of the molecule is CC(C)(CCCOc1ccc(F)cc1Cl)C(N)=S. The van der Waals surface area contributed by atoms with Gasteiger partial charge in [0.2, 0.25) is 0 Å². The van der Waals surface area contributed by atoms with Crippen molar-refractivity contribution < 1.29 is 9.13 Å². The van der Waals surface area contributed by atoms with Gasteiger partial charge in [-0.2, -0.15) is 0 Å². The fourth-order valence-corrected chi connectivity index (χ4v) is 1.74. The van der Waals surface area contributed by atoms with E-state index in [2.05, 4.69) is 0 Å². The lowest BCUT2D eigenvalue weighted by atomic mass is 9.88. The van der Waals surface area contributed by atoms with E-state index in [9.17, 15) is 4.39 Å². The second-order valence-corrected chi connectivity index (χ2v) is 5.62. The molecular weight excluding hydrogens is 273 g/mol. The molecule has 2 nitrogen and oxygen atoms in total. The van der Waals surface area contributed by atoms with Gasteiger partial charge in [0.1, 0.15) is 11.6 Å². The average molecular weight is 290 g/mol. The van der Waals surface area contributed by atoms with E-state index in [1.54, 1.807) is 0 Å². The van der Waals surface area contributed by atoms with Gasteiger partial charge in [0.15, 0.2) is 0 Å². The number of benzene rings is 1. The summed E-state index contributed by atoms with van der Waals surface area (Å²) in [7, 11) is 0. The summed E-state index contributed by atoms with van der Waals surface area (Å²) in [6.45, 7) is 4.50. The molecule has 0 aliphatic carbocycles. The van der Waals surface area contributed by atoms with Gasteiger partial charge in [-0.25, -0.2) is 4.39 Å². The Kier molecular flexibility index (Phi) is 5.35. The Morgan fingerprint density at radius 1 is 1.50 bits per heavy atom. The molecule has 2 N–H and O–H groups in total. The lowest BCUT2D eigenvalue weighted by Crippen LogP contribution is -2.30. The molecule has 0 aliphatic heterocycles. The standard InChI is InChI=1S/C13H17ClFNOS/c1-13(2,12(16)18)6-3-7-17-11-5-4-9(15)8-10(11)14/h4-5,8H,3,6-7H2,1-2H3,(H2,16,18). The second-order valence-electron chi connectivity index (χ2n) is 4.77. The highest BCUT2D eigenvalue weighted by Crippen LogP contribution is 2.26. The third-order valence-corrected chi connectivity index (χ3v) is 3.61. The molecule has 1 rings (SSSR count). The van der Waals surface area contributed by atoms with Crippen LogP contribution < -0.4 is 10.5 Å². The van der Waals surface area contributed by atoms with Crippen LogP contribution in [0.5, 0.6) is 5.75 Å². The van der Waals surface area contributed by atoms with Crippen LogP contribution in [0.1, 0.15) is 26.7 Å². The first kappa shape index (κ1) is 15.2. The molecule has 0 bridgehead atoms. The van der Waals surface area contributed by atoms with Gasteiger partial charge in [0, 0.05) is 5.41 Å². The van der Waals surface area contributed by atoms with Crippen LogP contribution in [-0.2, 0) is 0 Å². The van der Waals surface area contributed by atoms with Crippen molar-refractivity contribution in [1.29, 1.82) is 0 Å². The van der Waals surface area contributed by atoms with Crippen LogP contribution in [0.3, 0.4) is 0 Å². The largest absolute Gasteiger partial charge is 0.492 e. The second kappa shape index (κ2) is 6.34. The molecule has 0 saturated carbocycles. The minimum Gasteiger partial charge on any atom is -0.492 e. The van der Waals surface area contributed by atoms with E-state index < -0.39 is 0 Å². The molecule has 1 aromatic rings. The Hall–Kier alpha value is -0.870. The van der Waals surface area contributed by atoms with Gasteiger partial charge in [-0.1, -0.05) is 37.7 Å². The van der Waals surface area contributed by atoms with Gasteiger partial charge in [-0.15, -0.1) is 0 Å². The van der Waals surface area contributed by atoms with E-state index in [0.717, 1.165) is 12.8 Å². The zero-order valence-corrected chi connectivity index (χ0v) is 12.1. The van der Waals surface area contributed by atoms with Crippen LogP contribution in [0.15, 0.2) is 18.2 Å². The zero-order chi connectivity index (χ0) is 13.8. The minimum atomic E-state index is -0.373. The molecular formula is C13H17ClFNOS. The average Bonchev–Trinajstić information content (AvgIpc) is 2.26. The Bertz CT molecular complexity index is 437. The monoisotopic (exact) mass is 289 g/mol. The van der Waals surface area contributed by atoms with Crippen molar-refractivity contribution in [3.63, 3.8) is 0 Å². The number of ether oxygens (including phenoxy) is 1. The summed E-state index contributed by atoms with van der Waals surface area (Å²) in [5.41, 5.74) is 5.46. The molecule has 0 heterocycles. The van der Waals surface area contributed by atoms with Crippen molar-refractivity contribution in [2.24, 2.45) is 11.1 Å². The summed E-state index contributed by atoms with van der Waals surface area (Å²) in [6, 6.07) is 4.08. The molecule has 0 aromatic heterocycles. The van der Waals surface area contributed by atoms with Gasteiger partial charge < -0.3 is 10.5 Å². The van der Waals surface area contributed by atoms with E-state index >= 15 is 0 Å². The minimum absolute atomic E-state index is 0.175. The van der Waals surface area contributed by atoms with E-state index in [1.807, 2.05) is 13.8 Å². The number of hydrogen-bond donors (Lipinski definition) is 1. The fraction of sp³-hybridized carbons (Fsp3) is 0.462. The molecule has 5 heteroatoms. The van der Waals surface area contributed by atoms with Crippen LogP contribution in [0.4, 0.5) is 4.39 Å². The summed E-state index contributed by atoms with van der Waals surface area (Å²) in [6.07, 6.45) is 1.64. The summed E-state index contributed by atoms with van der Waals surface area (Å²) in [5.74, 6) is 0.119. The highest BCUT2D eigenvalue weighted by atomic mass is 35.5. The van der Waals surface area contributed by atoms with Crippen LogP contribution in [0, 0.1) is 11.2 Å². The quantitative estimate of drug-likeness (QED) is 0.636. The maximum absolute atomic E-state index is 12.8. The van der Waals surface area contributed by atoms with E-state index in [1.165, 1.54) is 18.2 Å². The van der Waals surface area contributed by atoms with Crippen molar-refractivity contribution in [3.05, 3.63) is 29.0 Å². The highest BCUT2D eigenvalue weighted by molar-refractivity contribution is 7.80. The topological polar surface area (TPSA) is 35.2 Å². The molecule has 18 heavy (non-hydrogen) atoms. The Morgan fingerprint density at radius 3 is 2.72 bits per heavy atom. The van der Waals surface area contributed by atoms with Crippen molar-refractivity contribution in [3.8, 4) is 5.75 Å². The third-order valence-electron chi connectivity index (χ3n) is 2.76. The van der Waals surface area contributed by atoms with E-state index in [0.29, 0.717) is 17.3 Å². The number of rotatable bonds is 6. The molecule has 0 saturated heterocycles. The Labute approximate surface area is 117 Å². The summed E-state index contributed by atoms with van der Waals surface area (Å²) in [4.78, 5) is 0.502. The van der Waals surface area contributed by atoms with Crippen molar-refractivity contribution in [1.82, 2.24) is 0 Å². The molecule has 100 valence electrons. The number of nitrogens with two attached hydrogens (primary N) is 1. The summed E-state index contributed by atoms with van der Waals surface area (Å²) >= 11 is 10.8. The van der Waals surface area contributed by atoms with Gasteiger partial charge in [0.25, 0.3) is 0 Å². The van der Waals surface area contributed by atoms with Crippen molar-refractivity contribution >= 4 is 28.8 Å². The zero-order valence-electron chi connectivity index (χ0n) is 10.5. The molecule has 0 radical (unpaired) electrons. The summed E-state index contributed by atoms with van der Waals surface area (Å²) in [5, 5.41) is 0.281. The van der Waals surface area contributed by atoms with Crippen LogP contribution in [0.25, 0.3) is 0 Å². The lowest BCUT2D eigenvalue weighted by Gasteiger charge is -2.22. The molecule has 0 amide bonds. The first-order valence-electron chi connectivity index (χ1n) is 5.71. The molecule has 0 unspecified atom stereocenters. The fourth-order valence-electron chi connectivity index (χ4n) is 1.41. The lowest BCUT2D eigenvalue weighted by molar-refractivity contribution is 0.287. The van der Waals surface area contributed by atoms with Gasteiger partial charge in [0.05, 0.1) is 16.6 Å². The first-order chi connectivity index (χ1) is 8.33. The predicted octanol–water partition coefficient (Wildman–Crippen LogP) is 3.95. The molecule has 0 atom stereocenters. The normalized spacial score (nSPS) is 11.3. The van der Waals surface area contributed by atoms with Crippen LogP contribution in [-0.4, -0.2) is 11.6 Å². The van der Waals surface area contributed by atoms with Gasteiger partial charge >= 0.3 is 0 Å². The Morgan fingerprint density at radius 2 is 2.17 bits per heavy atom. The predicted molar refractivity (Wildman–Crippen MR) is 76.7 cm³/mol. The highest BCUT2D eigenvalue weighted by Gasteiger charge is 2.20. The van der Waals surface area contributed by atoms with Gasteiger partial charge in [-0.3, -0.25) is 0 Å². The van der Waals surface area contributed by atoms with Gasteiger partial charge in [-0.05, 0) is 31.0 Å². The first-order valence-corrected chi connectivity index (χ1v) is 6.49. The van der Waals surface area contributed by atoms with Crippen molar-refractivity contribution in [2.45, 2.75) is 26.7 Å². The molecule has 1 aromatic carbocycles. The molecule has 0 aliphatic rings. The smallest absolute Gasteiger partial charge is 0.138 e. The maximum Gasteiger partial charge on any atom is 0.138 e. The third kappa shape index (κ3) is 4.42. The van der Waals surface area contributed by atoms with Crippen molar-refractivity contribution in [2.75, 3.05) is 6.61 Å². The number of thiocarbonyl (C=S) groups is 1. The number of hydrogen-bond acceptors (Lipinski definition) is 2.